The van der Waals surface area contributed by atoms with Crippen molar-refractivity contribution in [2.75, 3.05) is 11.9 Å². The SMILES string of the molecule is CCOC1CC(Nc2ccc(C(=O)O)c(C)c2)C1. The van der Waals surface area contributed by atoms with Crippen molar-refractivity contribution in [2.45, 2.75) is 38.8 Å². The van der Waals surface area contributed by atoms with Crippen LogP contribution in [-0.4, -0.2) is 29.8 Å². The summed E-state index contributed by atoms with van der Waals surface area (Å²) in [4.78, 5) is 10.9. The molecule has 4 nitrogen and oxygen atoms in total. The minimum absolute atomic E-state index is 0.362. The van der Waals surface area contributed by atoms with E-state index in [2.05, 4.69) is 5.32 Å². The summed E-state index contributed by atoms with van der Waals surface area (Å²) in [6.45, 7) is 4.59. The van der Waals surface area contributed by atoms with Gasteiger partial charge < -0.3 is 15.2 Å². The number of hydrogen-bond donors (Lipinski definition) is 2. The van der Waals surface area contributed by atoms with E-state index in [1.165, 1.54) is 0 Å². The molecule has 1 aliphatic carbocycles. The first-order valence-electron chi connectivity index (χ1n) is 6.32. The van der Waals surface area contributed by atoms with Crippen LogP contribution < -0.4 is 5.32 Å². The molecule has 18 heavy (non-hydrogen) atoms. The quantitative estimate of drug-likeness (QED) is 0.842. The molecule has 0 aliphatic heterocycles. The second kappa shape index (κ2) is 5.40. The van der Waals surface area contributed by atoms with Gasteiger partial charge >= 0.3 is 5.97 Å². The molecule has 0 bridgehead atoms. The third kappa shape index (κ3) is 2.82. The summed E-state index contributed by atoms with van der Waals surface area (Å²) in [5, 5.41) is 12.4. The van der Waals surface area contributed by atoms with Crippen LogP contribution in [0.4, 0.5) is 5.69 Å². The van der Waals surface area contributed by atoms with Crippen molar-refractivity contribution in [3.63, 3.8) is 0 Å². The molecule has 0 heterocycles. The van der Waals surface area contributed by atoms with E-state index < -0.39 is 5.97 Å². The zero-order chi connectivity index (χ0) is 13.1. The van der Waals surface area contributed by atoms with Crippen molar-refractivity contribution >= 4 is 11.7 Å². The van der Waals surface area contributed by atoms with Gasteiger partial charge in [0.1, 0.15) is 0 Å². The number of carboxylic acid groups (broad SMARTS) is 1. The van der Waals surface area contributed by atoms with E-state index in [0.29, 0.717) is 17.7 Å². The van der Waals surface area contributed by atoms with Gasteiger partial charge in [0.2, 0.25) is 0 Å². The molecule has 2 rings (SSSR count). The van der Waals surface area contributed by atoms with Crippen molar-refractivity contribution in [1.82, 2.24) is 0 Å². The Hall–Kier alpha value is -1.55. The minimum Gasteiger partial charge on any atom is -0.478 e. The van der Waals surface area contributed by atoms with Gasteiger partial charge in [0, 0.05) is 18.3 Å². The van der Waals surface area contributed by atoms with Crippen molar-refractivity contribution in [3.8, 4) is 0 Å². The Bertz CT molecular complexity index is 439. The van der Waals surface area contributed by atoms with Gasteiger partial charge in [-0.2, -0.15) is 0 Å². The van der Waals surface area contributed by atoms with Gasteiger partial charge in [0.15, 0.2) is 0 Å². The maximum atomic E-state index is 10.9. The molecule has 2 N–H and O–H groups in total. The number of benzene rings is 1. The van der Waals surface area contributed by atoms with Gasteiger partial charge in [-0.25, -0.2) is 4.79 Å². The molecule has 0 amide bonds. The van der Waals surface area contributed by atoms with Crippen molar-refractivity contribution in [2.24, 2.45) is 0 Å². The molecule has 0 radical (unpaired) electrons. The molecule has 98 valence electrons. The molecule has 0 aromatic heterocycles. The van der Waals surface area contributed by atoms with Crippen LogP contribution >= 0.6 is 0 Å². The standard InChI is InChI=1S/C14H19NO3/c1-3-18-12-7-11(8-12)15-10-4-5-13(14(16)17)9(2)6-10/h4-6,11-12,15H,3,7-8H2,1-2H3,(H,16,17). The molecule has 0 unspecified atom stereocenters. The maximum Gasteiger partial charge on any atom is 0.335 e. The lowest BCUT2D eigenvalue weighted by Gasteiger charge is -2.36. The van der Waals surface area contributed by atoms with Crippen LogP contribution in [0.25, 0.3) is 0 Å². The second-order valence-electron chi connectivity index (χ2n) is 4.72. The first-order valence-corrected chi connectivity index (χ1v) is 6.32. The normalized spacial score (nSPS) is 22.3. The first kappa shape index (κ1) is 12.9. The molecule has 1 aromatic rings. The first-order chi connectivity index (χ1) is 8.60. The lowest BCUT2D eigenvalue weighted by atomic mass is 9.89. The highest BCUT2D eigenvalue weighted by molar-refractivity contribution is 5.89. The lowest BCUT2D eigenvalue weighted by molar-refractivity contribution is 0.00299. The Balaban J connectivity index is 1.92. The van der Waals surface area contributed by atoms with E-state index in [-0.39, 0.29) is 0 Å². The Morgan fingerprint density at radius 1 is 1.50 bits per heavy atom. The number of aryl methyl sites for hydroxylation is 1. The summed E-state index contributed by atoms with van der Waals surface area (Å²) >= 11 is 0. The van der Waals surface area contributed by atoms with E-state index in [1.807, 2.05) is 26.0 Å². The average Bonchev–Trinajstić information content (AvgIpc) is 2.26. The van der Waals surface area contributed by atoms with Gasteiger partial charge in [0.25, 0.3) is 0 Å². The molecular formula is C14H19NO3. The largest absolute Gasteiger partial charge is 0.478 e. The van der Waals surface area contributed by atoms with E-state index in [0.717, 1.165) is 30.7 Å². The van der Waals surface area contributed by atoms with Crippen LogP contribution in [0.5, 0.6) is 0 Å². The fraction of sp³-hybridized carbons (Fsp3) is 0.500. The number of ether oxygens (including phenoxy) is 1. The highest BCUT2D eigenvalue weighted by Crippen LogP contribution is 2.27. The van der Waals surface area contributed by atoms with Crippen LogP contribution in [0, 0.1) is 6.92 Å². The number of carbonyl (C=O) groups is 1. The van der Waals surface area contributed by atoms with Gasteiger partial charge in [-0.1, -0.05) is 0 Å². The Morgan fingerprint density at radius 2 is 2.22 bits per heavy atom. The summed E-state index contributed by atoms with van der Waals surface area (Å²) in [5.74, 6) is -0.876. The molecule has 0 spiro atoms. The number of hydrogen-bond acceptors (Lipinski definition) is 3. The second-order valence-corrected chi connectivity index (χ2v) is 4.72. The molecule has 0 atom stereocenters. The zero-order valence-electron chi connectivity index (χ0n) is 10.8. The van der Waals surface area contributed by atoms with Crippen LogP contribution in [-0.2, 0) is 4.74 Å². The topological polar surface area (TPSA) is 58.6 Å². The third-order valence-electron chi connectivity index (χ3n) is 3.32. The summed E-state index contributed by atoms with van der Waals surface area (Å²) in [6.07, 6.45) is 2.42. The van der Waals surface area contributed by atoms with Crippen molar-refractivity contribution in [3.05, 3.63) is 29.3 Å². The van der Waals surface area contributed by atoms with E-state index in [4.69, 9.17) is 9.84 Å². The van der Waals surface area contributed by atoms with E-state index in [9.17, 15) is 4.79 Å². The number of carboxylic acids is 1. The smallest absolute Gasteiger partial charge is 0.335 e. The minimum atomic E-state index is -0.876. The number of nitrogens with one attached hydrogen (secondary N) is 1. The molecule has 0 saturated heterocycles. The fourth-order valence-electron chi connectivity index (χ4n) is 2.28. The summed E-state index contributed by atoms with van der Waals surface area (Å²) in [7, 11) is 0. The number of aromatic carboxylic acids is 1. The third-order valence-corrected chi connectivity index (χ3v) is 3.32. The van der Waals surface area contributed by atoms with Crippen LogP contribution in [0.2, 0.25) is 0 Å². The van der Waals surface area contributed by atoms with Crippen molar-refractivity contribution in [1.29, 1.82) is 0 Å². The molecule has 1 saturated carbocycles. The van der Waals surface area contributed by atoms with Gasteiger partial charge in [-0.3, -0.25) is 0 Å². The van der Waals surface area contributed by atoms with E-state index in [1.54, 1.807) is 6.07 Å². The number of rotatable bonds is 5. The summed E-state index contributed by atoms with van der Waals surface area (Å²) in [5.41, 5.74) is 2.13. The zero-order valence-corrected chi connectivity index (χ0v) is 10.8. The molecular weight excluding hydrogens is 230 g/mol. The monoisotopic (exact) mass is 249 g/mol. The van der Waals surface area contributed by atoms with Crippen LogP contribution in [0.3, 0.4) is 0 Å². The Kier molecular flexibility index (Phi) is 3.87. The molecule has 1 aromatic carbocycles. The summed E-state index contributed by atoms with van der Waals surface area (Å²) in [6, 6.07) is 5.80. The predicted molar refractivity (Wildman–Crippen MR) is 70.2 cm³/mol. The molecule has 1 aliphatic rings. The Morgan fingerprint density at radius 3 is 2.78 bits per heavy atom. The predicted octanol–water partition coefficient (Wildman–Crippen LogP) is 2.67. The highest BCUT2D eigenvalue weighted by atomic mass is 16.5. The van der Waals surface area contributed by atoms with Crippen molar-refractivity contribution < 1.29 is 14.6 Å². The molecule has 4 heteroatoms. The number of anilines is 1. The highest BCUT2D eigenvalue weighted by Gasteiger charge is 2.29. The summed E-state index contributed by atoms with van der Waals surface area (Å²) < 4.78 is 5.50. The Labute approximate surface area is 107 Å². The van der Waals surface area contributed by atoms with Gasteiger partial charge in [-0.05, 0) is 50.5 Å². The fourth-order valence-corrected chi connectivity index (χ4v) is 2.28. The van der Waals surface area contributed by atoms with E-state index >= 15 is 0 Å². The lowest BCUT2D eigenvalue weighted by Crippen LogP contribution is -2.40. The maximum absolute atomic E-state index is 10.9. The molecule has 1 fully saturated rings. The van der Waals surface area contributed by atoms with Crippen LogP contribution in [0.15, 0.2) is 18.2 Å². The average molecular weight is 249 g/mol. The van der Waals surface area contributed by atoms with Gasteiger partial charge in [0.05, 0.1) is 11.7 Å². The van der Waals surface area contributed by atoms with Gasteiger partial charge in [-0.15, -0.1) is 0 Å². The van der Waals surface area contributed by atoms with Crippen LogP contribution in [0.1, 0.15) is 35.7 Å².